The molecule has 1 aliphatic rings. The van der Waals surface area contributed by atoms with E-state index in [-0.39, 0.29) is 18.5 Å². The molecule has 0 bridgehead atoms. The number of nitrogens with one attached hydrogen (secondary N) is 3. The van der Waals surface area contributed by atoms with Crippen LogP contribution in [-0.4, -0.2) is 52.7 Å². The molecule has 9 nitrogen and oxygen atoms in total. The Hall–Kier alpha value is -2.32. The third kappa shape index (κ3) is 5.23. The van der Waals surface area contributed by atoms with Crippen LogP contribution in [0.2, 0.25) is 0 Å². The van der Waals surface area contributed by atoms with Crippen LogP contribution in [0.25, 0.3) is 0 Å². The van der Waals surface area contributed by atoms with E-state index in [0.29, 0.717) is 12.8 Å². The van der Waals surface area contributed by atoms with Crippen molar-refractivity contribution in [2.75, 3.05) is 6.54 Å². The van der Waals surface area contributed by atoms with Gasteiger partial charge in [-0.3, -0.25) is 9.59 Å². The lowest BCUT2D eigenvalue weighted by atomic mass is 10.2. The van der Waals surface area contributed by atoms with Crippen molar-refractivity contribution in [2.45, 2.75) is 31.3 Å². The fourth-order valence-corrected chi connectivity index (χ4v) is 1.63. The van der Waals surface area contributed by atoms with E-state index in [2.05, 4.69) is 10.6 Å². The van der Waals surface area contributed by atoms with Gasteiger partial charge in [-0.05, 0) is 6.42 Å². The minimum absolute atomic E-state index is 0.0958. The number of rotatable bonds is 6. The number of urea groups is 1. The molecule has 1 fully saturated rings. The molecule has 0 aromatic heterocycles. The molecule has 0 saturated carbocycles. The number of carbonyl (C=O) groups excluding carboxylic acids is 2. The Morgan fingerprint density at radius 2 is 2.05 bits per heavy atom. The number of hydrogen-bond donors (Lipinski definition) is 5. The van der Waals surface area contributed by atoms with Crippen LogP contribution in [-0.2, 0) is 14.4 Å². The highest BCUT2D eigenvalue weighted by molar-refractivity contribution is 5.86. The standard InChI is InChI=1S/C10H15N3O6/c14-7-2-1-5(12-7)4-11-10(19)13-6(9(17)18)3-8(15)16/h5-6H,1-4H2,(H,12,14)(H,15,16)(H,17,18)(H2,11,13,19). The second kappa shape index (κ2) is 6.57. The van der Waals surface area contributed by atoms with Crippen molar-refractivity contribution in [3.63, 3.8) is 0 Å². The summed E-state index contributed by atoms with van der Waals surface area (Å²) in [6.07, 6.45) is 0.282. The molecular formula is C10H15N3O6. The van der Waals surface area contributed by atoms with Gasteiger partial charge >= 0.3 is 18.0 Å². The second-order valence-electron chi connectivity index (χ2n) is 4.15. The van der Waals surface area contributed by atoms with Crippen LogP contribution in [0.1, 0.15) is 19.3 Å². The Morgan fingerprint density at radius 1 is 1.37 bits per heavy atom. The monoisotopic (exact) mass is 273 g/mol. The molecule has 0 aliphatic carbocycles. The third-order valence-electron chi connectivity index (χ3n) is 2.58. The van der Waals surface area contributed by atoms with Crippen molar-refractivity contribution < 1.29 is 29.4 Å². The molecule has 2 atom stereocenters. The fourth-order valence-electron chi connectivity index (χ4n) is 1.63. The molecule has 1 rings (SSSR count). The van der Waals surface area contributed by atoms with E-state index >= 15 is 0 Å². The van der Waals surface area contributed by atoms with E-state index < -0.39 is 30.4 Å². The number of aliphatic carboxylic acids is 2. The molecule has 0 spiro atoms. The molecule has 106 valence electrons. The van der Waals surface area contributed by atoms with Gasteiger partial charge in [0.2, 0.25) is 5.91 Å². The van der Waals surface area contributed by atoms with Crippen LogP contribution in [0.15, 0.2) is 0 Å². The number of carboxylic acids is 2. The van der Waals surface area contributed by atoms with Crippen LogP contribution in [0.3, 0.4) is 0 Å². The average Bonchev–Trinajstić information content (AvgIpc) is 2.71. The van der Waals surface area contributed by atoms with Gasteiger partial charge in [-0.25, -0.2) is 9.59 Å². The Balaban J connectivity index is 2.34. The predicted octanol–water partition coefficient (Wildman–Crippen LogP) is -1.51. The normalized spacial score (nSPS) is 19.4. The van der Waals surface area contributed by atoms with Crippen LogP contribution in [0, 0.1) is 0 Å². The van der Waals surface area contributed by atoms with Crippen molar-refractivity contribution in [3.05, 3.63) is 0 Å². The number of carbonyl (C=O) groups is 4. The van der Waals surface area contributed by atoms with Gasteiger partial charge in [0.25, 0.3) is 0 Å². The van der Waals surface area contributed by atoms with Crippen molar-refractivity contribution >= 4 is 23.9 Å². The maximum absolute atomic E-state index is 11.4. The van der Waals surface area contributed by atoms with Crippen LogP contribution < -0.4 is 16.0 Å². The molecule has 0 aromatic rings. The number of hydrogen-bond acceptors (Lipinski definition) is 4. The predicted molar refractivity (Wildman–Crippen MR) is 61.4 cm³/mol. The van der Waals surface area contributed by atoms with E-state index in [9.17, 15) is 19.2 Å². The first-order chi connectivity index (χ1) is 8.88. The van der Waals surface area contributed by atoms with Gasteiger partial charge in [-0.1, -0.05) is 0 Å². The summed E-state index contributed by atoms with van der Waals surface area (Å²) < 4.78 is 0. The lowest BCUT2D eigenvalue weighted by Crippen LogP contribution is -2.49. The molecule has 2 unspecified atom stereocenters. The van der Waals surface area contributed by atoms with Gasteiger partial charge in [0.05, 0.1) is 6.42 Å². The van der Waals surface area contributed by atoms with Gasteiger partial charge in [0.15, 0.2) is 0 Å². The number of amides is 3. The lowest BCUT2D eigenvalue weighted by Gasteiger charge is -2.15. The van der Waals surface area contributed by atoms with E-state index in [0.717, 1.165) is 0 Å². The summed E-state index contributed by atoms with van der Waals surface area (Å²) in [7, 11) is 0. The Kier molecular flexibility index (Phi) is 5.10. The van der Waals surface area contributed by atoms with E-state index in [4.69, 9.17) is 10.2 Å². The van der Waals surface area contributed by atoms with Crippen LogP contribution in [0.4, 0.5) is 4.79 Å². The SMILES string of the molecule is O=C(O)CC(NC(=O)NCC1CCC(=O)N1)C(=O)O. The fraction of sp³-hybridized carbons (Fsp3) is 0.600. The van der Waals surface area contributed by atoms with Gasteiger partial charge in [0, 0.05) is 19.0 Å². The zero-order valence-corrected chi connectivity index (χ0v) is 10.0. The lowest BCUT2D eigenvalue weighted by molar-refractivity contribution is -0.145. The third-order valence-corrected chi connectivity index (χ3v) is 2.58. The smallest absolute Gasteiger partial charge is 0.326 e. The molecule has 1 saturated heterocycles. The molecule has 9 heteroatoms. The minimum atomic E-state index is -1.49. The Bertz CT molecular complexity index is 397. The van der Waals surface area contributed by atoms with E-state index in [1.165, 1.54) is 0 Å². The van der Waals surface area contributed by atoms with Gasteiger partial charge in [-0.15, -0.1) is 0 Å². The summed E-state index contributed by atoms with van der Waals surface area (Å²) in [5, 5.41) is 24.3. The summed E-state index contributed by atoms with van der Waals surface area (Å²) in [4.78, 5) is 43.4. The number of carboxylic acid groups (broad SMARTS) is 2. The van der Waals surface area contributed by atoms with Crippen LogP contribution in [0.5, 0.6) is 0 Å². The summed E-state index contributed by atoms with van der Waals surface area (Å²) in [5.74, 6) is -2.84. The van der Waals surface area contributed by atoms with Crippen molar-refractivity contribution in [3.8, 4) is 0 Å². The quantitative estimate of drug-likeness (QED) is 0.398. The molecule has 1 heterocycles. The Morgan fingerprint density at radius 3 is 2.53 bits per heavy atom. The summed E-state index contributed by atoms with van der Waals surface area (Å²) in [6.45, 7) is 0.164. The van der Waals surface area contributed by atoms with Crippen molar-refractivity contribution in [1.82, 2.24) is 16.0 Å². The molecule has 19 heavy (non-hydrogen) atoms. The zero-order valence-electron chi connectivity index (χ0n) is 10.0. The molecule has 0 radical (unpaired) electrons. The molecule has 0 aromatic carbocycles. The molecule has 5 N–H and O–H groups in total. The molecule has 3 amide bonds. The average molecular weight is 273 g/mol. The van der Waals surface area contributed by atoms with Gasteiger partial charge in [0.1, 0.15) is 6.04 Å². The maximum Gasteiger partial charge on any atom is 0.326 e. The first-order valence-electron chi connectivity index (χ1n) is 5.67. The maximum atomic E-state index is 11.4. The highest BCUT2D eigenvalue weighted by Gasteiger charge is 2.24. The summed E-state index contributed by atoms with van der Waals surface area (Å²) in [6, 6.07) is -2.45. The summed E-state index contributed by atoms with van der Waals surface area (Å²) >= 11 is 0. The van der Waals surface area contributed by atoms with E-state index in [1.54, 1.807) is 0 Å². The topological polar surface area (TPSA) is 145 Å². The zero-order chi connectivity index (χ0) is 14.4. The first kappa shape index (κ1) is 14.7. The minimum Gasteiger partial charge on any atom is -0.481 e. The van der Waals surface area contributed by atoms with Crippen molar-refractivity contribution in [2.24, 2.45) is 0 Å². The van der Waals surface area contributed by atoms with Crippen molar-refractivity contribution in [1.29, 1.82) is 0 Å². The first-order valence-corrected chi connectivity index (χ1v) is 5.67. The van der Waals surface area contributed by atoms with Crippen LogP contribution >= 0.6 is 0 Å². The molecule has 1 aliphatic heterocycles. The molecular weight excluding hydrogens is 258 g/mol. The highest BCUT2D eigenvalue weighted by Crippen LogP contribution is 2.04. The summed E-state index contributed by atoms with van der Waals surface area (Å²) in [5.41, 5.74) is 0. The highest BCUT2D eigenvalue weighted by atomic mass is 16.4. The second-order valence-corrected chi connectivity index (χ2v) is 4.15. The van der Waals surface area contributed by atoms with E-state index in [1.807, 2.05) is 5.32 Å². The largest absolute Gasteiger partial charge is 0.481 e. The van der Waals surface area contributed by atoms with Gasteiger partial charge < -0.3 is 26.2 Å². The van der Waals surface area contributed by atoms with Gasteiger partial charge in [-0.2, -0.15) is 0 Å². The Labute approximate surface area is 108 Å².